The van der Waals surface area contributed by atoms with E-state index in [0.29, 0.717) is 12.2 Å². The Kier molecular flexibility index (Phi) is 4.63. The average Bonchev–Trinajstić information content (AvgIpc) is 3.41. The van der Waals surface area contributed by atoms with E-state index in [9.17, 15) is 19.5 Å². The van der Waals surface area contributed by atoms with Crippen LogP contribution in [0.1, 0.15) is 35.7 Å². The van der Waals surface area contributed by atoms with Gasteiger partial charge in [0.2, 0.25) is 17.3 Å². The summed E-state index contributed by atoms with van der Waals surface area (Å²) in [5.74, 6) is -1.42. The van der Waals surface area contributed by atoms with Crippen molar-refractivity contribution in [2.45, 2.75) is 37.7 Å². The van der Waals surface area contributed by atoms with Crippen LogP contribution in [0.3, 0.4) is 0 Å². The van der Waals surface area contributed by atoms with Gasteiger partial charge in [-0.05, 0) is 19.1 Å². The Morgan fingerprint density at radius 3 is 2.50 bits per heavy atom. The topological polar surface area (TPSA) is 115 Å². The third-order valence-corrected chi connectivity index (χ3v) is 5.62. The second kappa shape index (κ2) is 6.93. The number of ketones is 2. The first kappa shape index (κ1) is 20.1. The molecule has 0 bridgehead atoms. The van der Waals surface area contributed by atoms with E-state index in [1.165, 1.54) is 26.2 Å². The molecule has 0 radical (unpaired) electrons. The van der Waals surface area contributed by atoms with E-state index in [-0.39, 0.29) is 22.7 Å². The van der Waals surface area contributed by atoms with Crippen molar-refractivity contribution >= 4 is 23.2 Å². The molecule has 2 aliphatic heterocycles. The van der Waals surface area contributed by atoms with E-state index in [1.807, 2.05) is 6.92 Å². The summed E-state index contributed by atoms with van der Waals surface area (Å²) in [4.78, 5) is 39.3. The van der Waals surface area contributed by atoms with Gasteiger partial charge in [-0.15, -0.1) is 0 Å². The predicted octanol–water partition coefficient (Wildman–Crippen LogP) is 1.63. The smallest absolute Gasteiger partial charge is 0.279 e. The Balaban J connectivity index is 1.76. The monoisotopic (exact) mass is 411 g/mol. The van der Waals surface area contributed by atoms with Crippen molar-refractivity contribution in [2.75, 3.05) is 7.11 Å². The molecule has 2 N–H and O–H groups in total. The minimum Gasteiger partial charge on any atom is -0.462 e. The molecule has 8 heteroatoms. The molecule has 0 unspecified atom stereocenters. The van der Waals surface area contributed by atoms with E-state index in [2.05, 4.69) is 5.32 Å². The molecule has 156 valence electrons. The fraction of sp³-hybridized carbons (Fsp3) is 0.318. The summed E-state index contributed by atoms with van der Waals surface area (Å²) in [7, 11) is 1.17. The molecule has 4 rings (SSSR count). The van der Waals surface area contributed by atoms with Crippen molar-refractivity contribution in [1.82, 2.24) is 5.32 Å². The molecule has 30 heavy (non-hydrogen) atoms. The summed E-state index contributed by atoms with van der Waals surface area (Å²) in [6.45, 7) is 3.38. The first-order chi connectivity index (χ1) is 14.3. The standard InChI is InChI=1S/C22H21NO7/c1-4-14-10-11-15(29-14)16-12(2)17(24)21(30-16)19(26)22(28-3,23-20(21)27)18(25)13-8-6-5-7-9-13/h5-11,19,26H,4H2,1-3H3,(H,23,27)/t19-,21+,22+/m0/s1. The minimum absolute atomic E-state index is 0.0490. The Labute approximate surface area is 172 Å². The maximum absolute atomic E-state index is 13.2. The van der Waals surface area contributed by atoms with Gasteiger partial charge >= 0.3 is 0 Å². The number of aliphatic hydroxyl groups excluding tert-OH is 1. The summed E-state index contributed by atoms with van der Waals surface area (Å²) in [6.07, 6.45) is -1.30. The van der Waals surface area contributed by atoms with Crippen molar-refractivity contribution in [3.8, 4) is 0 Å². The fourth-order valence-corrected chi connectivity index (χ4v) is 3.90. The molecular formula is C22H21NO7. The summed E-state index contributed by atoms with van der Waals surface area (Å²) in [5.41, 5.74) is -4.22. The fourth-order valence-electron chi connectivity index (χ4n) is 3.90. The highest BCUT2D eigenvalue weighted by atomic mass is 16.6. The van der Waals surface area contributed by atoms with Crippen molar-refractivity contribution in [2.24, 2.45) is 0 Å². The van der Waals surface area contributed by atoms with Gasteiger partial charge in [0.05, 0.1) is 0 Å². The molecule has 1 aromatic carbocycles. The van der Waals surface area contributed by atoms with Crippen molar-refractivity contribution in [3.05, 3.63) is 65.1 Å². The van der Waals surface area contributed by atoms with Crippen LogP contribution in [0.2, 0.25) is 0 Å². The van der Waals surface area contributed by atoms with Crippen LogP contribution in [-0.4, -0.2) is 47.1 Å². The number of rotatable bonds is 5. The third kappa shape index (κ3) is 2.50. The number of benzene rings is 1. The highest BCUT2D eigenvalue weighted by Gasteiger charge is 2.74. The number of hydrogen-bond donors (Lipinski definition) is 2. The van der Waals surface area contributed by atoms with Crippen LogP contribution in [0.4, 0.5) is 0 Å². The molecule has 2 aliphatic rings. The van der Waals surface area contributed by atoms with E-state index in [0.717, 1.165) is 0 Å². The molecule has 1 fully saturated rings. The van der Waals surface area contributed by atoms with E-state index >= 15 is 0 Å². The molecule has 0 aliphatic carbocycles. The molecule has 1 saturated heterocycles. The second-order valence-corrected chi connectivity index (χ2v) is 7.23. The normalized spacial score (nSPS) is 28.2. The summed E-state index contributed by atoms with van der Waals surface area (Å²) in [5, 5.41) is 13.5. The van der Waals surface area contributed by atoms with Gasteiger partial charge in [-0.3, -0.25) is 14.4 Å². The summed E-state index contributed by atoms with van der Waals surface area (Å²) in [6, 6.07) is 11.4. The molecule has 1 spiro atoms. The van der Waals surface area contributed by atoms with Gasteiger partial charge in [-0.2, -0.15) is 0 Å². The molecule has 3 atom stereocenters. The largest absolute Gasteiger partial charge is 0.462 e. The SMILES string of the molecule is CCc1ccc(C2=C(C)C(=O)[C@]3(O2)C(=O)N[C@@](OC)(C(=O)c2ccccc2)[C@H]3O)o1. The maximum atomic E-state index is 13.2. The zero-order chi connectivity index (χ0) is 21.7. The number of hydrogen-bond acceptors (Lipinski definition) is 7. The number of methoxy groups -OCH3 is 1. The Hall–Kier alpha value is -3.23. The quantitative estimate of drug-likeness (QED) is 0.568. The van der Waals surface area contributed by atoms with Gasteiger partial charge in [0, 0.05) is 24.7 Å². The van der Waals surface area contributed by atoms with Gasteiger partial charge < -0.3 is 24.3 Å². The Bertz CT molecular complexity index is 1070. The number of nitrogens with one attached hydrogen (secondary N) is 1. The second-order valence-electron chi connectivity index (χ2n) is 7.23. The number of furan rings is 1. The van der Waals surface area contributed by atoms with Crippen LogP contribution in [0, 0.1) is 0 Å². The summed E-state index contributed by atoms with van der Waals surface area (Å²) < 4.78 is 16.8. The van der Waals surface area contributed by atoms with Crippen LogP contribution in [-0.2, 0) is 25.5 Å². The van der Waals surface area contributed by atoms with Crippen LogP contribution in [0.5, 0.6) is 0 Å². The molecule has 2 aromatic rings. The molecule has 3 heterocycles. The van der Waals surface area contributed by atoms with Crippen LogP contribution < -0.4 is 5.32 Å². The van der Waals surface area contributed by atoms with E-state index in [4.69, 9.17) is 13.9 Å². The average molecular weight is 411 g/mol. The zero-order valence-corrected chi connectivity index (χ0v) is 16.7. The maximum Gasteiger partial charge on any atom is 0.279 e. The van der Waals surface area contributed by atoms with Crippen molar-refractivity contribution in [1.29, 1.82) is 0 Å². The first-order valence-corrected chi connectivity index (χ1v) is 9.51. The lowest BCUT2D eigenvalue weighted by molar-refractivity contribution is -0.156. The number of amides is 1. The third-order valence-electron chi connectivity index (χ3n) is 5.62. The molecule has 1 aromatic heterocycles. The van der Waals surface area contributed by atoms with Crippen LogP contribution in [0.15, 0.2) is 52.5 Å². The van der Waals surface area contributed by atoms with E-state index in [1.54, 1.807) is 30.3 Å². The Morgan fingerprint density at radius 1 is 1.20 bits per heavy atom. The number of carbonyl (C=O) groups excluding carboxylic acids is 3. The first-order valence-electron chi connectivity index (χ1n) is 9.51. The van der Waals surface area contributed by atoms with Crippen LogP contribution in [0.25, 0.3) is 5.76 Å². The van der Waals surface area contributed by atoms with E-state index < -0.39 is 34.9 Å². The number of aliphatic hydroxyl groups is 1. The van der Waals surface area contributed by atoms with Gasteiger partial charge in [-0.25, -0.2) is 0 Å². The van der Waals surface area contributed by atoms with Gasteiger partial charge in [0.15, 0.2) is 17.6 Å². The van der Waals surface area contributed by atoms with Gasteiger partial charge in [0.25, 0.3) is 11.5 Å². The molecule has 8 nitrogen and oxygen atoms in total. The number of carbonyl (C=O) groups is 3. The zero-order valence-electron chi connectivity index (χ0n) is 16.7. The highest BCUT2D eigenvalue weighted by molar-refractivity contribution is 6.25. The Morgan fingerprint density at radius 2 is 1.90 bits per heavy atom. The molecule has 1 amide bonds. The lowest BCUT2D eigenvalue weighted by atomic mass is 9.85. The number of Topliss-reactive ketones (excluding diaryl/α,β-unsaturated/α-hetero) is 2. The predicted molar refractivity (Wildman–Crippen MR) is 104 cm³/mol. The van der Waals surface area contributed by atoms with Gasteiger partial charge in [0.1, 0.15) is 5.76 Å². The highest BCUT2D eigenvalue weighted by Crippen LogP contribution is 2.45. The molecule has 0 saturated carbocycles. The lowest BCUT2D eigenvalue weighted by Gasteiger charge is -2.32. The number of aryl methyl sites for hydroxylation is 1. The van der Waals surface area contributed by atoms with Gasteiger partial charge in [-0.1, -0.05) is 37.3 Å². The minimum atomic E-state index is -2.35. The number of ether oxygens (including phenoxy) is 2. The van der Waals surface area contributed by atoms with Crippen molar-refractivity contribution in [3.63, 3.8) is 0 Å². The summed E-state index contributed by atoms with van der Waals surface area (Å²) >= 11 is 0. The molecular weight excluding hydrogens is 390 g/mol. The lowest BCUT2D eigenvalue weighted by Crippen LogP contribution is -2.60. The van der Waals surface area contributed by atoms with Crippen LogP contribution >= 0.6 is 0 Å². The van der Waals surface area contributed by atoms with Crippen molar-refractivity contribution < 1.29 is 33.4 Å².